The van der Waals surface area contributed by atoms with Gasteiger partial charge in [0.15, 0.2) is 5.13 Å². The largest absolute Gasteiger partial charge is 0.496 e. The number of rotatable bonds is 4. The second kappa shape index (κ2) is 7.27. The summed E-state index contributed by atoms with van der Waals surface area (Å²) in [5, 5.41) is 3.55. The molecule has 0 radical (unpaired) electrons. The second-order valence-electron chi connectivity index (χ2n) is 5.31. The Bertz CT molecular complexity index is 732. The Hall–Kier alpha value is -1.66. The molecule has 0 fully saturated rings. The number of thiazole rings is 1. The van der Waals surface area contributed by atoms with E-state index >= 15 is 0 Å². The van der Waals surface area contributed by atoms with E-state index in [0.717, 1.165) is 34.3 Å². The van der Waals surface area contributed by atoms with Gasteiger partial charge in [-0.1, -0.05) is 6.07 Å². The molecule has 120 valence electrons. The van der Waals surface area contributed by atoms with E-state index < -0.39 is 0 Å². The maximum Gasteiger partial charge on any atom is 0.250 e. The van der Waals surface area contributed by atoms with E-state index in [4.69, 9.17) is 4.74 Å². The molecule has 0 bridgehead atoms. The first kappa shape index (κ1) is 16.2. The molecule has 6 heteroatoms. The predicted octanol–water partition coefficient (Wildman–Crippen LogP) is 4.44. The minimum absolute atomic E-state index is 0.164. The number of aryl methyl sites for hydroxylation is 2. The predicted molar refractivity (Wildman–Crippen MR) is 97.1 cm³/mol. The molecule has 1 aromatic heterocycles. The molecule has 1 aliphatic rings. The molecule has 1 heterocycles. The molecule has 0 aliphatic heterocycles. The molecule has 0 saturated carbocycles. The van der Waals surface area contributed by atoms with Crippen LogP contribution in [0.4, 0.5) is 5.13 Å². The zero-order chi connectivity index (χ0) is 16.2. The maximum atomic E-state index is 12.0. The number of hydrogen-bond acceptors (Lipinski definition) is 4. The fourth-order valence-corrected chi connectivity index (χ4v) is 4.12. The van der Waals surface area contributed by atoms with Crippen molar-refractivity contribution >= 4 is 44.4 Å². The highest BCUT2D eigenvalue weighted by atomic mass is 79.9. The number of aromatic nitrogens is 1. The number of carbonyl (C=O) groups excluding carboxylic acids is 1. The number of methoxy groups -OCH3 is 1. The summed E-state index contributed by atoms with van der Waals surface area (Å²) in [6, 6.07) is 5.66. The number of nitrogens with one attached hydrogen (secondary N) is 1. The second-order valence-corrected chi connectivity index (χ2v) is 7.25. The van der Waals surface area contributed by atoms with E-state index in [0.29, 0.717) is 5.13 Å². The van der Waals surface area contributed by atoms with Gasteiger partial charge in [-0.3, -0.25) is 10.1 Å². The molecule has 4 nitrogen and oxygen atoms in total. The summed E-state index contributed by atoms with van der Waals surface area (Å²) in [7, 11) is 1.62. The van der Waals surface area contributed by atoms with Gasteiger partial charge >= 0.3 is 0 Å². The summed E-state index contributed by atoms with van der Waals surface area (Å²) in [5.74, 6) is 0.600. The van der Waals surface area contributed by atoms with E-state index in [1.165, 1.54) is 23.8 Å². The van der Waals surface area contributed by atoms with E-state index in [1.54, 1.807) is 24.5 Å². The monoisotopic (exact) mass is 392 g/mol. The highest BCUT2D eigenvalue weighted by Crippen LogP contribution is 2.29. The van der Waals surface area contributed by atoms with Crippen molar-refractivity contribution < 1.29 is 9.53 Å². The molecule has 2 aromatic rings. The lowest BCUT2D eigenvalue weighted by atomic mass is 10.0. The molecule has 1 amide bonds. The van der Waals surface area contributed by atoms with Gasteiger partial charge in [0.2, 0.25) is 5.91 Å². The lowest BCUT2D eigenvalue weighted by Crippen LogP contribution is -2.07. The molecule has 1 aliphatic carbocycles. The summed E-state index contributed by atoms with van der Waals surface area (Å²) in [6.07, 6.45) is 7.81. The highest BCUT2D eigenvalue weighted by molar-refractivity contribution is 9.10. The maximum absolute atomic E-state index is 12.0. The first-order valence-corrected chi connectivity index (χ1v) is 9.08. The van der Waals surface area contributed by atoms with Gasteiger partial charge in [-0.15, -0.1) is 11.3 Å². The Morgan fingerprint density at radius 3 is 2.96 bits per heavy atom. The van der Waals surface area contributed by atoms with Gasteiger partial charge in [0, 0.05) is 11.0 Å². The molecular weight excluding hydrogens is 376 g/mol. The van der Waals surface area contributed by atoms with Gasteiger partial charge < -0.3 is 4.74 Å². The summed E-state index contributed by atoms with van der Waals surface area (Å²) < 4.78 is 6.04. The van der Waals surface area contributed by atoms with Crippen LogP contribution in [0, 0.1) is 0 Å². The van der Waals surface area contributed by atoms with Crippen molar-refractivity contribution in [3.63, 3.8) is 0 Å². The SMILES string of the molecule is COc1ccc(/C=C/C(=O)Nc2nc3c(s2)CCCC3)cc1Br. The van der Waals surface area contributed by atoms with E-state index in [2.05, 4.69) is 26.2 Å². The Labute approximate surface area is 147 Å². The number of fused-ring (bicyclic) bond motifs is 1. The summed E-state index contributed by atoms with van der Waals surface area (Å²) >= 11 is 5.02. The molecule has 0 unspecified atom stereocenters. The number of amides is 1. The average Bonchev–Trinajstić information content (AvgIpc) is 2.95. The first-order chi connectivity index (χ1) is 11.2. The van der Waals surface area contributed by atoms with Crippen LogP contribution in [-0.4, -0.2) is 18.0 Å². The smallest absolute Gasteiger partial charge is 0.250 e. The van der Waals surface area contributed by atoms with Crippen molar-refractivity contribution in [2.75, 3.05) is 12.4 Å². The van der Waals surface area contributed by atoms with Gasteiger partial charge in [-0.05, 0) is 65.4 Å². The lowest BCUT2D eigenvalue weighted by molar-refractivity contribution is -0.111. The van der Waals surface area contributed by atoms with Crippen molar-refractivity contribution in [3.05, 3.63) is 44.9 Å². The third-order valence-corrected chi connectivity index (χ3v) is 5.37. The van der Waals surface area contributed by atoms with E-state index in [-0.39, 0.29) is 5.91 Å². The first-order valence-electron chi connectivity index (χ1n) is 7.47. The molecule has 3 rings (SSSR count). The number of ether oxygens (including phenoxy) is 1. The van der Waals surface area contributed by atoms with Gasteiger partial charge in [0.25, 0.3) is 0 Å². The lowest BCUT2D eigenvalue weighted by Gasteiger charge is -2.06. The van der Waals surface area contributed by atoms with Crippen molar-refractivity contribution in [2.45, 2.75) is 25.7 Å². The molecular formula is C17H17BrN2O2S. The number of nitrogens with zero attached hydrogens (tertiary/aromatic N) is 1. The van der Waals surface area contributed by atoms with Crippen molar-refractivity contribution in [1.29, 1.82) is 0 Å². The van der Waals surface area contributed by atoms with Gasteiger partial charge in [0.1, 0.15) is 5.75 Å². The topological polar surface area (TPSA) is 51.2 Å². The Morgan fingerprint density at radius 2 is 2.22 bits per heavy atom. The van der Waals surface area contributed by atoms with Crippen molar-refractivity contribution in [1.82, 2.24) is 4.98 Å². The minimum atomic E-state index is -0.164. The van der Waals surface area contributed by atoms with Crippen molar-refractivity contribution in [3.8, 4) is 5.75 Å². The zero-order valence-corrected chi connectivity index (χ0v) is 15.2. The van der Waals surface area contributed by atoms with Crippen LogP contribution in [0.2, 0.25) is 0 Å². The van der Waals surface area contributed by atoms with E-state index in [1.807, 2.05) is 18.2 Å². The third kappa shape index (κ3) is 4.00. The van der Waals surface area contributed by atoms with Crippen LogP contribution < -0.4 is 10.1 Å². The third-order valence-electron chi connectivity index (χ3n) is 3.68. The zero-order valence-electron chi connectivity index (χ0n) is 12.8. The summed E-state index contributed by atoms with van der Waals surface area (Å²) in [5.41, 5.74) is 2.07. The minimum Gasteiger partial charge on any atom is -0.496 e. The highest BCUT2D eigenvalue weighted by Gasteiger charge is 2.15. The van der Waals surface area contributed by atoms with Gasteiger partial charge in [-0.25, -0.2) is 4.98 Å². The van der Waals surface area contributed by atoms with Crippen LogP contribution in [0.1, 0.15) is 29.0 Å². The fourth-order valence-electron chi connectivity index (χ4n) is 2.51. The summed E-state index contributed by atoms with van der Waals surface area (Å²) in [4.78, 5) is 17.9. The summed E-state index contributed by atoms with van der Waals surface area (Å²) in [6.45, 7) is 0. The number of anilines is 1. The van der Waals surface area contributed by atoms with Crippen LogP contribution in [0.15, 0.2) is 28.7 Å². The number of hydrogen-bond donors (Lipinski definition) is 1. The normalized spacial score (nSPS) is 13.8. The average molecular weight is 393 g/mol. The Kier molecular flexibility index (Phi) is 5.13. The van der Waals surface area contributed by atoms with Crippen LogP contribution in [0.3, 0.4) is 0 Å². The fraction of sp³-hybridized carbons (Fsp3) is 0.294. The van der Waals surface area contributed by atoms with E-state index in [9.17, 15) is 4.79 Å². The van der Waals surface area contributed by atoms with Crippen molar-refractivity contribution in [2.24, 2.45) is 0 Å². The molecule has 1 aromatic carbocycles. The Balaban J connectivity index is 1.64. The molecule has 0 atom stereocenters. The van der Waals surface area contributed by atoms with Gasteiger partial charge in [0.05, 0.1) is 17.3 Å². The van der Waals surface area contributed by atoms with Crippen LogP contribution in [-0.2, 0) is 17.6 Å². The standard InChI is InChI=1S/C17H17BrN2O2S/c1-22-14-8-6-11(10-12(14)18)7-9-16(21)20-17-19-13-4-2-3-5-15(13)23-17/h6-10H,2-5H2,1H3,(H,19,20,21)/b9-7+. The van der Waals surface area contributed by atoms with Gasteiger partial charge in [-0.2, -0.15) is 0 Å². The molecule has 0 saturated heterocycles. The Morgan fingerprint density at radius 1 is 1.39 bits per heavy atom. The number of benzene rings is 1. The molecule has 0 spiro atoms. The number of carbonyl (C=O) groups is 1. The van der Waals surface area contributed by atoms with Crippen LogP contribution in [0.25, 0.3) is 6.08 Å². The molecule has 23 heavy (non-hydrogen) atoms. The van der Waals surface area contributed by atoms with Crippen LogP contribution >= 0.6 is 27.3 Å². The quantitative estimate of drug-likeness (QED) is 0.782. The number of halogens is 1. The molecule has 1 N–H and O–H groups in total. The van der Waals surface area contributed by atoms with Crippen LogP contribution in [0.5, 0.6) is 5.75 Å².